The highest BCUT2D eigenvalue weighted by molar-refractivity contribution is 7.22. The number of benzene rings is 2. The van der Waals surface area contributed by atoms with Gasteiger partial charge < -0.3 is 4.74 Å². The molecule has 0 bridgehead atoms. The topological polar surface area (TPSA) is 72.4 Å². The van der Waals surface area contributed by atoms with Crippen LogP contribution in [0.25, 0.3) is 10.2 Å². The number of esters is 1. The van der Waals surface area contributed by atoms with Gasteiger partial charge in [-0.15, -0.1) is 0 Å². The second-order valence-electron chi connectivity index (χ2n) is 6.21. The van der Waals surface area contributed by atoms with Crippen LogP contribution in [0, 0.1) is 0 Å². The Balaban J connectivity index is 1.80. The third-order valence-electron chi connectivity index (χ3n) is 4.37. The Morgan fingerprint density at radius 1 is 0.966 bits per heavy atom. The fourth-order valence-corrected chi connectivity index (χ4v) is 3.92. The van der Waals surface area contributed by atoms with Crippen LogP contribution in [-0.4, -0.2) is 29.0 Å². The molecule has 0 fully saturated rings. The van der Waals surface area contributed by atoms with Gasteiger partial charge in [0.15, 0.2) is 5.13 Å². The summed E-state index contributed by atoms with van der Waals surface area (Å²) < 4.78 is 5.82. The predicted molar refractivity (Wildman–Crippen MR) is 112 cm³/mol. The van der Waals surface area contributed by atoms with Gasteiger partial charge in [0.05, 0.1) is 40.7 Å². The minimum Gasteiger partial charge on any atom is -0.465 e. The number of carbonyl (C=O) groups is 2. The molecule has 0 radical (unpaired) electrons. The number of nitrogens with zero attached hydrogens (tertiary/aromatic N) is 3. The van der Waals surface area contributed by atoms with E-state index in [0.29, 0.717) is 5.13 Å². The maximum absolute atomic E-state index is 13.5. The van der Waals surface area contributed by atoms with E-state index in [4.69, 9.17) is 4.74 Å². The van der Waals surface area contributed by atoms with Crippen molar-refractivity contribution in [3.05, 3.63) is 89.7 Å². The van der Waals surface area contributed by atoms with Crippen LogP contribution < -0.4 is 4.90 Å². The Morgan fingerprint density at radius 3 is 2.41 bits per heavy atom. The van der Waals surface area contributed by atoms with E-state index in [1.165, 1.54) is 18.4 Å². The molecule has 0 aliphatic rings. The molecule has 0 unspecified atom stereocenters. The SMILES string of the molecule is COC(=O)c1ccccc1C(=O)N(Cc1ccccn1)c1nc2ccccc2s1. The monoisotopic (exact) mass is 403 g/mol. The normalized spacial score (nSPS) is 10.7. The molecule has 0 saturated heterocycles. The zero-order valence-electron chi connectivity index (χ0n) is 15.6. The number of hydrogen-bond donors (Lipinski definition) is 0. The molecule has 29 heavy (non-hydrogen) atoms. The van der Waals surface area contributed by atoms with Crippen molar-refractivity contribution in [2.75, 3.05) is 12.0 Å². The number of methoxy groups -OCH3 is 1. The van der Waals surface area contributed by atoms with Gasteiger partial charge in [0.2, 0.25) is 0 Å². The molecule has 144 valence electrons. The molecule has 0 aliphatic carbocycles. The minimum atomic E-state index is -0.559. The fourth-order valence-electron chi connectivity index (χ4n) is 2.96. The maximum atomic E-state index is 13.5. The summed E-state index contributed by atoms with van der Waals surface area (Å²) in [6.45, 7) is 0.231. The second kappa shape index (κ2) is 8.20. The number of ether oxygens (including phenoxy) is 1. The average molecular weight is 403 g/mol. The lowest BCUT2D eigenvalue weighted by Crippen LogP contribution is -2.32. The number of carbonyl (C=O) groups excluding carboxylic acids is 2. The molecule has 1 amide bonds. The first kappa shape index (κ1) is 18.8. The van der Waals surface area contributed by atoms with Crippen LogP contribution in [-0.2, 0) is 11.3 Å². The molecule has 6 nitrogen and oxygen atoms in total. The summed E-state index contributed by atoms with van der Waals surface area (Å²) in [5, 5.41) is 0.543. The standard InChI is InChI=1S/C22H17N3O3S/c1-28-21(27)17-10-3-2-9-16(17)20(26)25(14-15-8-6-7-13-23-15)22-24-18-11-4-5-12-19(18)29-22/h2-13H,14H2,1H3. The summed E-state index contributed by atoms with van der Waals surface area (Å²) in [4.78, 5) is 36.2. The molecule has 2 aromatic heterocycles. The second-order valence-corrected chi connectivity index (χ2v) is 7.22. The van der Waals surface area contributed by atoms with Gasteiger partial charge in [0.25, 0.3) is 5.91 Å². The first-order valence-electron chi connectivity index (χ1n) is 8.92. The van der Waals surface area contributed by atoms with Crippen LogP contribution in [0.15, 0.2) is 72.9 Å². The smallest absolute Gasteiger partial charge is 0.338 e. The quantitative estimate of drug-likeness (QED) is 0.464. The van der Waals surface area contributed by atoms with Crippen LogP contribution in [0.5, 0.6) is 0 Å². The van der Waals surface area contributed by atoms with E-state index in [1.54, 1.807) is 35.4 Å². The van der Waals surface area contributed by atoms with Crippen molar-refractivity contribution >= 4 is 38.6 Å². The molecule has 4 aromatic rings. The molecular weight excluding hydrogens is 386 g/mol. The van der Waals surface area contributed by atoms with Gasteiger partial charge in [-0.25, -0.2) is 9.78 Å². The first-order valence-corrected chi connectivity index (χ1v) is 9.73. The minimum absolute atomic E-state index is 0.215. The van der Waals surface area contributed by atoms with Crippen LogP contribution in [0.3, 0.4) is 0 Å². The summed E-state index contributed by atoms with van der Waals surface area (Å²) >= 11 is 1.42. The number of hydrogen-bond acceptors (Lipinski definition) is 6. The zero-order chi connectivity index (χ0) is 20.2. The Hall–Kier alpha value is -3.58. The number of rotatable bonds is 5. The number of fused-ring (bicyclic) bond motifs is 1. The summed E-state index contributed by atoms with van der Waals surface area (Å²) in [7, 11) is 1.29. The number of amides is 1. The number of aromatic nitrogens is 2. The van der Waals surface area contributed by atoms with Crippen LogP contribution in [0.4, 0.5) is 5.13 Å². The van der Waals surface area contributed by atoms with E-state index in [1.807, 2.05) is 42.5 Å². The molecule has 0 atom stereocenters. The van der Waals surface area contributed by atoms with Gasteiger partial charge in [-0.05, 0) is 36.4 Å². The van der Waals surface area contributed by atoms with E-state index in [0.717, 1.165) is 15.9 Å². The van der Waals surface area contributed by atoms with E-state index >= 15 is 0 Å². The van der Waals surface area contributed by atoms with Crippen molar-refractivity contribution in [2.24, 2.45) is 0 Å². The van der Waals surface area contributed by atoms with Crippen LogP contribution >= 0.6 is 11.3 Å². The lowest BCUT2D eigenvalue weighted by atomic mass is 10.1. The van der Waals surface area contributed by atoms with Crippen molar-refractivity contribution in [2.45, 2.75) is 6.54 Å². The molecule has 0 aliphatic heterocycles. The van der Waals surface area contributed by atoms with E-state index < -0.39 is 5.97 Å². The molecule has 0 spiro atoms. The van der Waals surface area contributed by atoms with E-state index in [2.05, 4.69) is 9.97 Å². The number of para-hydroxylation sites is 1. The molecule has 0 N–H and O–H groups in total. The predicted octanol–water partition coefficient (Wildman–Crippen LogP) is 4.32. The lowest BCUT2D eigenvalue weighted by molar-refractivity contribution is 0.0597. The maximum Gasteiger partial charge on any atom is 0.338 e. The van der Waals surface area contributed by atoms with Crippen molar-refractivity contribution in [1.82, 2.24) is 9.97 Å². The van der Waals surface area contributed by atoms with Gasteiger partial charge in [-0.1, -0.05) is 41.7 Å². The Morgan fingerprint density at radius 2 is 1.69 bits per heavy atom. The highest BCUT2D eigenvalue weighted by Crippen LogP contribution is 2.31. The molecule has 2 aromatic carbocycles. The lowest BCUT2D eigenvalue weighted by Gasteiger charge is -2.20. The van der Waals surface area contributed by atoms with E-state index in [9.17, 15) is 9.59 Å². The molecule has 2 heterocycles. The number of pyridine rings is 1. The van der Waals surface area contributed by atoms with Crippen LogP contribution in [0.1, 0.15) is 26.4 Å². The zero-order valence-corrected chi connectivity index (χ0v) is 16.4. The van der Waals surface area contributed by atoms with Crippen molar-refractivity contribution in [3.63, 3.8) is 0 Å². The average Bonchev–Trinajstić information content (AvgIpc) is 3.21. The summed E-state index contributed by atoms with van der Waals surface area (Å²) in [5.41, 5.74) is 2.00. The summed E-state index contributed by atoms with van der Waals surface area (Å²) in [5.74, 6) is -0.897. The van der Waals surface area contributed by atoms with Gasteiger partial charge in [0, 0.05) is 6.20 Å². The van der Waals surface area contributed by atoms with Gasteiger partial charge in [-0.3, -0.25) is 14.7 Å². The number of anilines is 1. The number of thiazole rings is 1. The van der Waals surface area contributed by atoms with Gasteiger partial charge in [0.1, 0.15) is 0 Å². The largest absolute Gasteiger partial charge is 0.465 e. The Labute approximate surface area is 171 Å². The molecule has 7 heteroatoms. The third kappa shape index (κ3) is 3.86. The van der Waals surface area contributed by atoms with E-state index in [-0.39, 0.29) is 23.6 Å². The van der Waals surface area contributed by atoms with Crippen molar-refractivity contribution in [3.8, 4) is 0 Å². The molecular formula is C22H17N3O3S. The van der Waals surface area contributed by atoms with Crippen molar-refractivity contribution < 1.29 is 14.3 Å². The highest BCUT2D eigenvalue weighted by Gasteiger charge is 2.26. The van der Waals surface area contributed by atoms with Crippen LogP contribution in [0.2, 0.25) is 0 Å². The fraction of sp³-hybridized carbons (Fsp3) is 0.0909. The molecule has 4 rings (SSSR count). The van der Waals surface area contributed by atoms with Crippen molar-refractivity contribution in [1.29, 1.82) is 0 Å². The first-order chi connectivity index (χ1) is 14.2. The molecule has 0 saturated carbocycles. The third-order valence-corrected chi connectivity index (χ3v) is 5.43. The Kier molecular flexibility index (Phi) is 5.31. The van der Waals surface area contributed by atoms with Gasteiger partial charge >= 0.3 is 5.97 Å². The Bertz CT molecular complexity index is 1140. The summed E-state index contributed by atoms with van der Waals surface area (Å²) in [6.07, 6.45) is 1.68. The summed E-state index contributed by atoms with van der Waals surface area (Å²) in [6, 6.07) is 19.9. The van der Waals surface area contributed by atoms with Gasteiger partial charge in [-0.2, -0.15) is 0 Å². The highest BCUT2D eigenvalue weighted by atomic mass is 32.1.